The minimum atomic E-state index is 0.713. The summed E-state index contributed by atoms with van der Waals surface area (Å²) in [7, 11) is 0. The zero-order valence-electron chi connectivity index (χ0n) is 8.25. The Morgan fingerprint density at radius 1 is 1.50 bits per heavy atom. The van der Waals surface area contributed by atoms with Gasteiger partial charge in [-0.2, -0.15) is 0 Å². The molecular weight excluding hydrogens is 176 g/mol. The lowest BCUT2D eigenvalue weighted by atomic mass is 10.3. The highest BCUT2D eigenvalue weighted by Gasteiger charge is 1.98. The van der Waals surface area contributed by atoms with Crippen LogP contribution in [0.4, 0.5) is 5.95 Å². The molecule has 2 heterocycles. The van der Waals surface area contributed by atoms with E-state index < -0.39 is 0 Å². The maximum atomic E-state index is 4.35. The zero-order chi connectivity index (χ0) is 9.80. The molecule has 0 aliphatic carbocycles. The number of anilines is 1. The van der Waals surface area contributed by atoms with Crippen molar-refractivity contribution in [2.45, 2.75) is 19.8 Å². The molecule has 0 atom stereocenters. The van der Waals surface area contributed by atoms with Crippen LogP contribution >= 0.6 is 0 Å². The van der Waals surface area contributed by atoms with Gasteiger partial charge in [0.15, 0.2) is 0 Å². The molecule has 4 nitrogen and oxygen atoms in total. The van der Waals surface area contributed by atoms with E-state index in [2.05, 4.69) is 27.2 Å². The second-order valence-electron chi connectivity index (χ2n) is 3.25. The van der Waals surface area contributed by atoms with E-state index in [0.717, 1.165) is 24.0 Å². The summed E-state index contributed by atoms with van der Waals surface area (Å²) in [5.74, 6) is 0.713. The molecule has 14 heavy (non-hydrogen) atoms. The molecule has 0 aliphatic heterocycles. The number of H-pyrrole nitrogens is 1. The minimum absolute atomic E-state index is 0.713. The minimum Gasteiger partial charge on any atom is -0.359 e. The first-order valence-electron chi connectivity index (χ1n) is 4.94. The van der Waals surface area contributed by atoms with E-state index in [1.165, 1.54) is 6.42 Å². The molecule has 4 heteroatoms. The van der Waals surface area contributed by atoms with Crippen molar-refractivity contribution in [3.63, 3.8) is 0 Å². The summed E-state index contributed by atoms with van der Waals surface area (Å²) < 4.78 is 0. The van der Waals surface area contributed by atoms with Crippen molar-refractivity contribution in [3.8, 4) is 0 Å². The topological polar surface area (TPSA) is 53.6 Å². The number of hydrogen-bond acceptors (Lipinski definition) is 3. The number of rotatable bonds is 4. The monoisotopic (exact) mass is 190 g/mol. The molecule has 2 aromatic rings. The van der Waals surface area contributed by atoms with E-state index in [-0.39, 0.29) is 0 Å². The molecule has 0 fully saturated rings. The summed E-state index contributed by atoms with van der Waals surface area (Å²) in [6, 6.07) is 1.95. The molecule has 2 rings (SSSR count). The normalized spacial score (nSPS) is 10.6. The quantitative estimate of drug-likeness (QED) is 0.726. The maximum absolute atomic E-state index is 4.35. The molecule has 2 aromatic heterocycles. The average Bonchev–Trinajstić information content (AvgIpc) is 2.65. The van der Waals surface area contributed by atoms with Crippen LogP contribution < -0.4 is 5.32 Å². The van der Waals surface area contributed by atoms with E-state index in [0.29, 0.717) is 5.95 Å². The molecule has 0 aliphatic rings. The molecule has 0 amide bonds. The van der Waals surface area contributed by atoms with Gasteiger partial charge in [0.25, 0.3) is 0 Å². The number of nitrogens with one attached hydrogen (secondary N) is 2. The fourth-order valence-corrected chi connectivity index (χ4v) is 1.31. The van der Waals surface area contributed by atoms with Gasteiger partial charge in [0.1, 0.15) is 0 Å². The van der Waals surface area contributed by atoms with Gasteiger partial charge in [0.05, 0.1) is 17.2 Å². The highest BCUT2D eigenvalue weighted by atomic mass is 15.1. The molecule has 2 N–H and O–H groups in total. The molecule has 74 valence electrons. The Labute approximate surface area is 82.8 Å². The number of nitrogens with zero attached hydrogens (tertiary/aromatic N) is 2. The summed E-state index contributed by atoms with van der Waals surface area (Å²) >= 11 is 0. The summed E-state index contributed by atoms with van der Waals surface area (Å²) in [5, 5.41) is 3.19. The molecule has 0 spiro atoms. The number of hydrogen-bond donors (Lipinski definition) is 2. The molecule has 0 radical (unpaired) electrons. The lowest BCUT2D eigenvalue weighted by molar-refractivity contribution is 0.827. The third kappa shape index (κ3) is 1.84. The van der Waals surface area contributed by atoms with Crippen LogP contribution in [0.1, 0.15) is 19.8 Å². The van der Waals surface area contributed by atoms with Gasteiger partial charge in [-0.25, -0.2) is 9.97 Å². The van der Waals surface area contributed by atoms with Crippen LogP contribution in [-0.4, -0.2) is 21.5 Å². The van der Waals surface area contributed by atoms with Crippen molar-refractivity contribution in [1.29, 1.82) is 0 Å². The molecule has 0 unspecified atom stereocenters. The zero-order valence-corrected chi connectivity index (χ0v) is 8.25. The highest BCUT2D eigenvalue weighted by Crippen LogP contribution is 2.09. The first-order chi connectivity index (χ1) is 6.90. The van der Waals surface area contributed by atoms with E-state index in [4.69, 9.17) is 0 Å². The van der Waals surface area contributed by atoms with Crippen molar-refractivity contribution >= 4 is 17.0 Å². The smallest absolute Gasteiger partial charge is 0.223 e. The van der Waals surface area contributed by atoms with Gasteiger partial charge in [-0.15, -0.1) is 0 Å². The predicted octanol–water partition coefficient (Wildman–Crippen LogP) is 2.17. The second-order valence-corrected chi connectivity index (χ2v) is 3.25. The van der Waals surface area contributed by atoms with Crippen molar-refractivity contribution in [2.75, 3.05) is 11.9 Å². The van der Waals surface area contributed by atoms with E-state index in [1.807, 2.05) is 12.3 Å². The van der Waals surface area contributed by atoms with Crippen LogP contribution in [0.2, 0.25) is 0 Å². The van der Waals surface area contributed by atoms with E-state index in [1.54, 1.807) is 6.20 Å². The molecular formula is C10H14N4. The third-order valence-electron chi connectivity index (χ3n) is 2.11. The van der Waals surface area contributed by atoms with Crippen molar-refractivity contribution in [3.05, 3.63) is 18.5 Å². The van der Waals surface area contributed by atoms with Crippen LogP contribution in [0, 0.1) is 0 Å². The first-order valence-corrected chi connectivity index (χ1v) is 4.94. The fraction of sp³-hybridized carbons (Fsp3) is 0.400. The van der Waals surface area contributed by atoms with Crippen molar-refractivity contribution < 1.29 is 0 Å². The SMILES string of the molecule is CCCCNc1ncc2[nH]ccc2n1. The van der Waals surface area contributed by atoms with E-state index in [9.17, 15) is 0 Å². The molecule has 0 aromatic carbocycles. The van der Waals surface area contributed by atoms with Gasteiger partial charge in [-0.05, 0) is 12.5 Å². The second kappa shape index (κ2) is 4.09. The van der Waals surface area contributed by atoms with Gasteiger partial charge in [-0.1, -0.05) is 13.3 Å². The molecule has 0 saturated heterocycles. The Kier molecular flexibility index (Phi) is 2.62. The third-order valence-corrected chi connectivity index (χ3v) is 2.11. The number of aromatic amines is 1. The Bertz CT molecular complexity index is 407. The Hall–Kier alpha value is -1.58. The summed E-state index contributed by atoms with van der Waals surface area (Å²) in [6.45, 7) is 3.10. The number of aromatic nitrogens is 3. The van der Waals surface area contributed by atoms with Gasteiger partial charge in [-0.3, -0.25) is 0 Å². The van der Waals surface area contributed by atoms with Gasteiger partial charge >= 0.3 is 0 Å². The molecule has 0 bridgehead atoms. The van der Waals surface area contributed by atoms with E-state index >= 15 is 0 Å². The van der Waals surface area contributed by atoms with Crippen LogP contribution in [0.3, 0.4) is 0 Å². The number of fused-ring (bicyclic) bond motifs is 1. The lowest BCUT2D eigenvalue weighted by Gasteiger charge is -2.02. The Morgan fingerprint density at radius 2 is 2.43 bits per heavy atom. The van der Waals surface area contributed by atoms with Crippen LogP contribution in [0.25, 0.3) is 11.0 Å². The Morgan fingerprint density at radius 3 is 3.29 bits per heavy atom. The molecule has 0 saturated carbocycles. The van der Waals surface area contributed by atoms with Gasteiger partial charge in [0, 0.05) is 12.7 Å². The summed E-state index contributed by atoms with van der Waals surface area (Å²) in [6.07, 6.45) is 6.00. The highest BCUT2D eigenvalue weighted by molar-refractivity contribution is 5.74. The summed E-state index contributed by atoms with van der Waals surface area (Å²) in [4.78, 5) is 11.6. The van der Waals surface area contributed by atoms with Gasteiger partial charge in [0.2, 0.25) is 5.95 Å². The van der Waals surface area contributed by atoms with Gasteiger partial charge < -0.3 is 10.3 Å². The fourth-order valence-electron chi connectivity index (χ4n) is 1.31. The maximum Gasteiger partial charge on any atom is 0.223 e. The standard InChI is InChI=1S/C10H14N4/c1-2-3-5-12-10-13-7-9-8(14-10)4-6-11-9/h4,6-7,11H,2-3,5H2,1H3,(H,12,13,14). The lowest BCUT2D eigenvalue weighted by Crippen LogP contribution is -2.04. The van der Waals surface area contributed by atoms with Crippen molar-refractivity contribution in [1.82, 2.24) is 15.0 Å². The Balaban J connectivity index is 2.10. The van der Waals surface area contributed by atoms with Crippen LogP contribution in [0.15, 0.2) is 18.5 Å². The summed E-state index contributed by atoms with van der Waals surface area (Å²) in [5.41, 5.74) is 1.94. The van der Waals surface area contributed by atoms with Crippen LogP contribution in [-0.2, 0) is 0 Å². The number of unbranched alkanes of at least 4 members (excludes halogenated alkanes) is 1. The average molecular weight is 190 g/mol. The van der Waals surface area contributed by atoms with Crippen LogP contribution in [0.5, 0.6) is 0 Å². The van der Waals surface area contributed by atoms with Crippen molar-refractivity contribution in [2.24, 2.45) is 0 Å². The largest absolute Gasteiger partial charge is 0.359 e. The predicted molar refractivity (Wildman–Crippen MR) is 57.3 cm³/mol. The first kappa shape index (κ1) is 8.99.